The fourth-order valence-corrected chi connectivity index (χ4v) is 0.888. The molecule has 0 aromatic carbocycles. The zero-order chi connectivity index (χ0) is 11.9. The Morgan fingerprint density at radius 2 is 2.07 bits per heavy atom. The molecule has 0 spiro atoms. The Balaban J connectivity index is 3.67. The maximum Gasteiger partial charge on any atom is 0.234 e. The lowest BCUT2D eigenvalue weighted by atomic mass is 10.0. The van der Waals surface area contributed by atoms with Crippen molar-refractivity contribution >= 4 is 5.91 Å². The second kappa shape index (κ2) is 6.80. The van der Waals surface area contributed by atoms with Gasteiger partial charge in [-0.3, -0.25) is 4.79 Å². The third-order valence-corrected chi connectivity index (χ3v) is 2.65. The summed E-state index contributed by atoms with van der Waals surface area (Å²) >= 11 is 0. The predicted molar refractivity (Wildman–Crippen MR) is 61.7 cm³/mol. The van der Waals surface area contributed by atoms with Crippen molar-refractivity contribution in [3.05, 3.63) is 0 Å². The second-order valence-corrected chi connectivity index (χ2v) is 4.32. The van der Waals surface area contributed by atoms with Gasteiger partial charge in [0.15, 0.2) is 0 Å². The van der Waals surface area contributed by atoms with Gasteiger partial charge < -0.3 is 15.7 Å². The van der Waals surface area contributed by atoms with E-state index >= 15 is 0 Å². The molecule has 0 aliphatic heterocycles. The van der Waals surface area contributed by atoms with E-state index in [1.54, 1.807) is 6.92 Å². The average Bonchev–Trinajstić information content (AvgIpc) is 2.23. The quantitative estimate of drug-likeness (QED) is 0.585. The number of hydrogen-bond acceptors (Lipinski definition) is 3. The summed E-state index contributed by atoms with van der Waals surface area (Å²) in [6, 6.07) is 0.349. The summed E-state index contributed by atoms with van der Waals surface area (Å²) in [5.41, 5.74) is -0.800. The Labute approximate surface area is 92.4 Å². The first-order chi connectivity index (χ1) is 6.91. The van der Waals surface area contributed by atoms with Crippen LogP contribution in [0.5, 0.6) is 0 Å². The van der Waals surface area contributed by atoms with Gasteiger partial charge in [0.25, 0.3) is 0 Å². The van der Waals surface area contributed by atoms with Crippen LogP contribution < -0.4 is 10.6 Å². The molecule has 0 bridgehead atoms. The lowest BCUT2D eigenvalue weighted by Crippen LogP contribution is -2.44. The molecule has 0 heterocycles. The van der Waals surface area contributed by atoms with Gasteiger partial charge in [-0.15, -0.1) is 0 Å². The van der Waals surface area contributed by atoms with Gasteiger partial charge in [-0.2, -0.15) is 0 Å². The van der Waals surface area contributed by atoms with Crippen LogP contribution in [0.2, 0.25) is 0 Å². The second-order valence-electron chi connectivity index (χ2n) is 4.32. The lowest BCUT2D eigenvalue weighted by molar-refractivity contribution is -0.121. The molecule has 0 rings (SSSR count). The van der Waals surface area contributed by atoms with Crippen molar-refractivity contribution in [2.75, 3.05) is 13.1 Å². The SMILES string of the molecule is CCC(C)NCC(=O)NCC(C)(O)CC. The molecule has 0 radical (unpaired) electrons. The summed E-state index contributed by atoms with van der Waals surface area (Å²) in [5, 5.41) is 15.5. The van der Waals surface area contributed by atoms with Gasteiger partial charge in [-0.1, -0.05) is 13.8 Å². The summed E-state index contributed by atoms with van der Waals surface area (Å²) in [4.78, 5) is 11.3. The number of carbonyl (C=O) groups excluding carboxylic acids is 1. The van der Waals surface area contributed by atoms with Crippen molar-refractivity contribution in [1.82, 2.24) is 10.6 Å². The summed E-state index contributed by atoms with van der Waals surface area (Å²) in [6.45, 7) is 8.34. The summed E-state index contributed by atoms with van der Waals surface area (Å²) in [6.07, 6.45) is 1.63. The number of hydrogen-bond donors (Lipinski definition) is 3. The van der Waals surface area contributed by atoms with Gasteiger partial charge in [-0.25, -0.2) is 0 Å². The van der Waals surface area contributed by atoms with Gasteiger partial charge in [-0.05, 0) is 26.7 Å². The Bertz CT molecular complexity index is 193. The number of carbonyl (C=O) groups is 1. The molecule has 0 aliphatic carbocycles. The third-order valence-electron chi connectivity index (χ3n) is 2.65. The predicted octanol–water partition coefficient (Wildman–Crippen LogP) is 0.652. The van der Waals surface area contributed by atoms with E-state index in [1.165, 1.54) is 0 Å². The molecular formula is C11H24N2O2. The van der Waals surface area contributed by atoms with Crippen molar-refractivity contribution < 1.29 is 9.90 Å². The number of aliphatic hydroxyl groups is 1. The van der Waals surface area contributed by atoms with E-state index in [1.807, 2.05) is 13.8 Å². The molecule has 15 heavy (non-hydrogen) atoms. The summed E-state index contributed by atoms with van der Waals surface area (Å²) in [5.74, 6) is -0.0657. The summed E-state index contributed by atoms with van der Waals surface area (Å²) in [7, 11) is 0. The Kier molecular flexibility index (Phi) is 6.52. The Morgan fingerprint density at radius 3 is 2.53 bits per heavy atom. The molecule has 3 N–H and O–H groups in total. The minimum absolute atomic E-state index is 0.0657. The Hall–Kier alpha value is -0.610. The molecular weight excluding hydrogens is 192 g/mol. The van der Waals surface area contributed by atoms with Gasteiger partial charge in [0.1, 0.15) is 0 Å². The van der Waals surface area contributed by atoms with Crippen molar-refractivity contribution in [3.63, 3.8) is 0 Å². The van der Waals surface area contributed by atoms with Gasteiger partial charge in [0, 0.05) is 12.6 Å². The maximum absolute atomic E-state index is 11.3. The minimum Gasteiger partial charge on any atom is -0.388 e. The highest BCUT2D eigenvalue weighted by molar-refractivity contribution is 5.78. The number of rotatable bonds is 7. The normalized spacial score (nSPS) is 16.9. The molecule has 0 fully saturated rings. The van der Waals surface area contributed by atoms with Gasteiger partial charge in [0.2, 0.25) is 5.91 Å². The first-order valence-corrected chi connectivity index (χ1v) is 5.63. The van der Waals surface area contributed by atoms with Crippen molar-refractivity contribution in [3.8, 4) is 0 Å². The zero-order valence-electron chi connectivity index (χ0n) is 10.3. The molecule has 90 valence electrons. The van der Waals surface area contributed by atoms with E-state index in [0.29, 0.717) is 25.6 Å². The molecule has 0 saturated heterocycles. The monoisotopic (exact) mass is 216 g/mol. The lowest BCUT2D eigenvalue weighted by Gasteiger charge is -2.21. The van der Waals surface area contributed by atoms with Crippen LogP contribution in [-0.2, 0) is 4.79 Å². The zero-order valence-corrected chi connectivity index (χ0v) is 10.3. The highest BCUT2D eigenvalue weighted by atomic mass is 16.3. The Morgan fingerprint density at radius 1 is 1.47 bits per heavy atom. The molecule has 4 heteroatoms. The van der Waals surface area contributed by atoms with Crippen LogP contribution in [-0.4, -0.2) is 35.7 Å². The molecule has 2 unspecified atom stereocenters. The van der Waals surface area contributed by atoms with Crippen LogP contribution in [0.25, 0.3) is 0 Å². The van der Waals surface area contributed by atoms with E-state index in [4.69, 9.17) is 0 Å². The van der Waals surface area contributed by atoms with Gasteiger partial charge >= 0.3 is 0 Å². The number of amides is 1. The van der Waals surface area contributed by atoms with Crippen molar-refractivity contribution in [2.45, 2.75) is 52.2 Å². The highest BCUT2D eigenvalue weighted by Crippen LogP contribution is 2.05. The van der Waals surface area contributed by atoms with Crippen LogP contribution >= 0.6 is 0 Å². The van der Waals surface area contributed by atoms with Crippen LogP contribution in [0.3, 0.4) is 0 Å². The van der Waals surface area contributed by atoms with Crippen LogP contribution in [0.4, 0.5) is 0 Å². The fourth-order valence-electron chi connectivity index (χ4n) is 0.888. The first kappa shape index (κ1) is 14.4. The molecule has 4 nitrogen and oxygen atoms in total. The number of nitrogens with one attached hydrogen (secondary N) is 2. The molecule has 1 amide bonds. The van der Waals surface area contributed by atoms with Crippen LogP contribution in [0.15, 0.2) is 0 Å². The van der Waals surface area contributed by atoms with Crippen LogP contribution in [0.1, 0.15) is 40.5 Å². The molecule has 0 saturated carbocycles. The fraction of sp³-hybridized carbons (Fsp3) is 0.909. The standard InChI is InChI=1S/C11H24N2O2/c1-5-9(3)12-7-10(14)13-8-11(4,15)6-2/h9,12,15H,5-8H2,1-4H3,(H,13,14). The van der Waals surface area contributed by atoms with Crippen LogP contribution in [0, 0.1) is 0 Å². The average molecular weight is 216 g/mol. The maximum atomic E-state index is 11.3. The minimum atomic E-state index is -0.800. The smallest absolute Gasteiger partial charge is 0.234 e. The summed E-state index contributed by atoms with van der Waals surface area (Å²) < 4.78 is 0. The molecule has 0 aromatic heterocycles. The van der Waals surface area contributed by atoms with Gasteiger partial charge in [0.05, 0.1) is 12.1 Å². The van der Waals surface area contributed by atoms with E-state index < -0.39 is 5.60 Å². The van der Waals surface area contributed by atoms with Crippen molar-refractivity contribution in [2.24, 2.45) is 0 Å². The van der Waals surface area contributed by atoms with E-state index in [2.05, 4.69) is 17.6 Å². The van der Waals surface area contributed by atoms with E-state index in [9.17, 15) is 9.90 Å². The topological polar surface area (TPSA) is 61.4 Å². The third kappa shape index (κ3) is 7.33. The molecule has 0 aromatic rings. The van der Waals surface area contributed by atoms with Crippen molar-refractivity contribution in [1.29, 1.82) is 0 Å². The molecule has 0 aliphatic rings. The largest absolute Gasteiger partial charge is 0.388 e. The first-order valence-electron chi connectivity index (χ1n) is 5.63. The highest BCUT2D eigenvalue weighted by Gasteiger charge is 2.18. The van der Waals surface area contributed by atoms with E-state index in [0.717, 1.165) is 6.42 Å². The molecule has 2 atom stereocenters. The van der Waals surface area contributed by atoms with E-state index in [-0.39, 0.29) is 5.91 Å².